The van der Waals surface area contributed by atoms with Gasteiger partial charge < -0.3 is 19.7 Å². The van der Waals surface area contributed by atoms with Gasteiger partial charge in [-0.05, 0) is 26.2 Å². The molecule has 17 heavy (non-hydrogen) atoms. The van der Waals surface area contributed by atoms with Crippen molar-refractivity contribution in [3.63, 3.8) is 0 Å². The van der Waals surface area contributed by atoms with Crippen LogP contribution in [0.15, 0.2) is 0 Å². The highest BCUT2D eigenvalue weighted by Crippen LogP contribution is 2.22. The molecule has 104 valence electrons. The van der Waals surface area contributed by atoms with E-state index in [0.29, 0.717) is 25.4 Å². The SMILES string of the molecule is CCC(C)OC1CCCC1.OCCOCCO. The molecule has 0 heterocycles. The van der Waals surface area contributed by atoms with E-state index in [0.717, 1.165) is 6.42 Å². The summed E-state index contributed by atoms with van der Waals surface area (Å²) in [5.41, 5.74) is 0. The van der Waals surface area contributed by atoms with E-state index in [2.05, 4.69) is 18.6 Å². The molecule has 1 fully saturated rings. The van der Waals surface area contributed by atoms with Crippen LogP contribution < -0.4 is 0 Å². The molecule has 2 N–H and O–H groups in total. The van der Waals surface area contributed by atoms with Crippen LogP contribution in [0.5, 0.6) is 0 Å². The molecule has 0 saturated heterocycles. The van der Waals surface area contributed by atoms with Crippen LogP contribution in [-0.2, 0) is 9.47 Å². The van der Waals surface area contributed by atoms with E-state index in [4.69, 9.17) is 14.9 Å². The standard InChI is InChI=1S/C9H18O.C4H10O3/c1-3-8(2)10-9-6-4-5-7-9;5-1-3-7-4-2-6/h8-9H,3-7H2,1-2H3;5-6H,1-4H2. The molecule has 4 nitrogen and oxygen atoms in total. The maximum atomic E-state index is 8.09. The molecule has 4 heteroatoms. The fourth-order valence-electron chi connectivity index (χ4n) is 1.68. The lowest BCUT2D eigenvalue weighted by Gasteiger charge is -2.16. The predicted molar refractivity (Wildman–Crippen MR) is 68.1 cm³/mol. The molecular formula is C13H28O4. The van der Waals surface area contributed by atoms with Crippen LogP contribution in [0.1, 0.15) is 46.0 Å². The Morgan fingerprint density at radius 2 is 1.65 bits per heavy atom. The first-order valence-corrected chi connectivity index (χ1v) is 6.69. The topological polar surface area (TPSA) is 58.9 Å². The van der Waals surface area contributed by atoms with Gasteiger partial charge in [0.05, 0.1) is 38.6 Å². The first-order valence-electron chi connectivity index (χ1n) is 6.69. The smallest absolute Gasteiger partial charge is 0.0698 e. The summed E-state index contributed by atoms with van der Waals surface area (Å²) in [6.45, 7) is 5.04. The zero-order chi connectivity index (χ0) is 12.9. The van der Waals surface area contributed by atoms with Gasteiger partial charge in [-0.2, -0.15) is 0 Å². The molecule has 1 aliphatic rings. The van der Waals surface area contributed by atoms with Crippen molar-refractivity contribution >= 4 is 0 Å². The maximum absolute atomic E-state index is 8.09. The molecule has 1 aliphatic carbocycles. The molecule has 0 aromatic carbocycles. The van der Waals surface area contributed by atoms with E-state index in [1.54, 1.807) is 0 Å². The van der Waals surface area contributed by atoms with Crippen molar-refractivity contribution in [2.75, 3.05) is 26.4 Å². The van der Waals surface area contributed by atoms with Gasteiger partial charge in [-0.3, -0.25) is 0 Å². The molecule has 1 atom stereocenters. The summed E-state index contributed by atoms with van der Waals surface area (Å²) in [5, 5.41) is 16.2. The van der Waals surface area contributed by atoms with E-state index in [1.807, 2.05) is 0 Å². The molecule has 1 rings (SSSR count). The van der Waals surface area contributed by atoms with Gasteiger partial charge in [-0.25, -0.2) is 0 Å². The van der Waals surface area contributed by atoms with Crippen molar-refractivity contribution in [3.05, 3.63) is 0 Å². The monoisotopic (exact) mass is 248 g/mol. The molecule has 0 aromatic rings. The Morgan fingerprint density at radius 3 is 2.06 bits per heavy atom. The summed E-state index contributed by atoms with van der Waals surface area (Å²) in [5.74, 6) is 0. The molecule has 1 unspecified atom stereocenters. The van der Waals surface area contributed by atoms with Gasteiger partial charge in [-0.1, -0.05) is 19.8 Å². The molecule has 0 aliphatic heterocycles. The summed E-state index contributed by atoms with van der Waals surface area (Å²) < 4.78 is 10.4. The normalized spacial score (nSPS) is 17.6. The summed E-state index contributed by atoms with van der Waals surface area (Å²) in [6, 6.07) is 0. The minimum atomic E-state index is 0.0278. The van der Waals surface area contributed by atoms with Crippen LogP contribution >= 0.6 is 0 Å². The predicted octanol–water partition coefficient (Wildman–Crippen LogP) is 1.73. The van der Waals surface area contributed by atoms with Crippen LogP contribution in [0, 0.1) is 0 Å². The van der Waals surface area contributed by atoms with E-state index in [1.165, 1.54) is 25.7 Å². The third kappa shape index (κ3) is 10.7. The lowest BCUT2D eigenvalue weighted by molar-refractivity contribution is 0.000759. The lowest BCUT2D eigenvalue weighted by atomic mass is 10.2. The quantitative estimate of drug-likeness (QED) is 0.674. The van der Waals surface area contributed by atoms with Crippen molar-refractivity contribution < 1.29 is 19.7 Å². The second kappa shape index (κ2) is 12.3. The number of ether oxygens (including phenoxy) is 2. The summed E-state index contributed by atoms with van der Waals surface area (Å²) in [7, 11) is 0. The average molecular weight is 248 g/mol. The van der Waals surface area contributed by atoms with Crippen molar-refractivity contribution in [1.29, 1.82) is 0 Å². The van der Waals surface area contributed by atoms with E-state index < -0.39 is 0 Å². The zero-order valence-electron chi connectivity index (χ0n) is 11.2. The highest BCUT2D eigenvalue weighted by molar-refractivity contribution is 4.67. The summed E-state index contributed by atoms with van der Waals surface area (Å²) >= 11 is 0. The third-order valence-corrected chi connectivity index (χ3v) is 2.77. The van der Waals surface area contributed by atoms with Crippen molar-refractivity contribution in [1.82, 2.24) is 0 Å². The largest absolute Gasteiger partial charge is 0.394 e. The van der Waals surface area contributed by atoms with Crippen LogP contribution in [-0.4, -0.2) is 48.8 Å². The van der Waals surface area contributed by atoms with Crippen LogP contribution in [0.4, 0.5) is 0 Å². The van der Waals surface area contributed by atoms with Crippen LogP contribution in [0.2, 0.25) is 0 Å². The fourth-order valence-corrected chi connectivity index (χ4v) is 1.68. The molecule has 0 radical (unpaired) electrons. The summed E-state index contributed by atoms with van der Waals surface area (Å²) in [6.07, 6.45) is 7.56. The molecular weight excluding hydrogens is 220 g/mol. The number of hydrogen-bond donors (Lipinski definition) is 2. The number of rotatable bonds is 7. The third-order valence-electron chi connectivity index (χ3n) is 2.77. The number of aliphatic hydroxyl groups is 2. The lowest BCUT2D eigenvalue weighted by Crippen LogP contribution is -2.15. The number of aliphatic hydroxyl groups excluding tert-OH is 2. The Bertz CT molecular complexity index is 142. The van der Waals surface area contributed by atoms with Gasteiger partial charge in [-0.15, -0.1) is 0 Å². The Labute approximate surface area is 105 Å². The molecule has 1 saturated carbocycles. The van der Waals surface area contributed by atoms with Crippen molar-refractivity contribution in [3.8, 4) is 0 Å². The summed E-state index contributed by atoms with van der Waals surface area (Å²) in [4.78, 5) is 0. The first-order chi connectivity index (χ1) is 8.24. The second-order valence-electron chi connectivity index (χ2n) is 4.32. The van der Waals surface area contributed by atoms with E-state index in [-0.39, 0.29) is 13.2 Å². The van der Waals surface area contributed by atoms with E-state index in [9.17, 15) is 0 Å². The van der Waals surface area contributed by atoms with Gasteiger partial charge in [0.1, 0.15) is 0 Å². The Balaban J connectivity index is 0.000000325. The van der Waals surface area contributed by atoms with Gasteiger partial charge >= 0.3 is 0 Å². The van der Waals surface area contributed by atoms with Gasteiger partial charge in [0.25, 0.3) is 0 Å². The van der Waals surface area contributed by atoms with Crippen molar-refractivity contribution in [2.45, 2.75) is 58.2 Å². The first kappa shape index (κ1) is 16.8. The maximum Gasteiger partial charge on any atom is 0.0698 e. The number of hydrogen-bond acceptors (Lipinski definition) is 4. The average Bonchev–Trinajstić information content (AvgIpc) is 2.83. The zero-order valence-corrected chi connectivity index (χ0v) is 11.2. The van der Waals surface area contributed by atoms with Crippen LogP contribution in [0.25, 0.3) is 0 Å². The molecule has 0 aromatic heterocycles. The Morgan fingerprint density at radius 1 is 1.12 bits per heavy atom. The highest BCUT2D eigenvalue weighted by atomic mass is 16.5. The minimum Gasteiger partial charge on any atom is -0.394 e. The highest BCUT2D eigenvalue weighted by Gasteiger charge is 2.16. The van der Waals surface area contributed by atoms with Crippen molar-refractivity contribution in [2.24, 2.45) is 0 Å². The molecule has 0 spiro atoms. The minimum absolute atomic E-state index is 0.0278. The van der Waals surface area contributed by atoms with Gasteiger partial charge in [0, 0.05) is 0 Å². The fraction of sp³-hybridized carbons (Fsp3) is 1.00. The second-order valence-corrected chi connectivity index (χ2v) is 4.32. The Hall–Kier alpha value is -0.160. The van der Waals surface area contributed by atoms with E-state index >= 15 is 0 Å². The molecule has 0 bridgehead atoms. The van der Waals surface area contributed by atoms with Crippen LogP contribution in [0.3, 0.4) is 0 Å². The van der Waals surface area contributed by atoms with Gasteiger partial charge in [0.15, 0.2) is 0 Å². The van der Waals surface area contributed by atoms with Gasteiger partial charge in [0.2, 0.25) is 0 Å². The Kier molecular flexibility index (Phi) is 12.2. The molecule has 0 amide bonds.